The highest BCUT2D eigenvalue weighted by Gasteiger charge is 2.21. The number of amides is 1. The lowest BCUT2D eigenvalue weighted by Crippen LogP contribution is -2.32. The van der Waals surface area contributed by atoms with Crippen LogP contribution < -0.4 is 0 Å². The van der Waals surface area contributed by atoms with Gasteiger partial charge in [-0.3, -0.25) is 4.79 Å². The molecular weight excluding hydrogens is 236 g/mol. The van der Waals surface area contributed by atoms with Crippen molar-refractivity contribution >= 4 is 16.8 Å². The van der Waals surface area contributed by atoms with E-state index in [4.69, 9.17) is 0 Å². The molecule has 1 fully saturated rings. The zero-order valence-electron chi connectivity index (χ0n) is 11.4. The number of hydrogen-bond donors (Lipinski definition) is 1. The van der Waals surface area contributed by atoms with Gasteiger partial charge < -0.3 is 9.88 Å². The number of aromatic nitrogens is 1. The predicted octanol–water partition coefficient (Wildman–Crippen LogP) is 3.43. The average molecular weight is 256 g/mol. The molecule has 1 amide bonds. The number of nitrogens with zero attached hydrogens (tertiary/aromatic N) is 1. The summed E-state index contributed by atoms with van der Waals surface area (Å²) in [7, 11) is 0. The van der Waals surface area contributed by atoms with E-state index in [1.54, 1.807) is 0 Å². The molecule has 1 aromatic heterocycles. The monoisotopic (exact) mass is 256 g/mol. The predicted molar refractivity (Wildman–Crippen MR) is 77.2 cm³/mol. The fraction of sp³-hybridized carbons (Fsp3) is 0.438. The summed E-state index contributed by atoms with van der Waals surface area (Å²) in [6.07, 6.45) is 5.36. The Kier molecular flexibility index (Phi) is 3.28. The summed E-state index contributed by atoms with van der Waals surface area (Å²) in [5.74, 6) is 0.904. The number of carbonyl (C=O) groups excluding carboxylic acids is 1. The highest BCUT2D eigenvalue weighted by atomic mass is 16.2. The molecule has 19 heavy (non-hydrogen) atoms. The van der Waals surface area contributed by atoms with Crippen molar-refractivity contribution in [3.63, 3.8) is 0 Å². The minimum atomic E-state index is 0.169. The zero-order valence-corrected chi connectivity index (χ0v) is 11.4. The van der Waals surface area contributed by atoms with Crippen molar-refractivity contribution in [2.75, 3.05) is 13.1 Å². The SMILES string of the molecule is CC1CCCN(C(=O)c2cccc3cc[nH]c23)CC1. The van der Waals surface area contributed by atoms with E-state index >= 15 is 0 Å². The summed E-state index contributed by atoms with van der Waals surface area (Å²) >= 11 is 0. The van der Waals surface area contributed by atoms with Gasteiger partial charge >= 0.3 is 0 Å². The lowest BCUT2D eigenvalue weighted by molar-refractivity contribution is 0.0762. The van der Waals surface area contributed by atoms with Crippen LogP contribution in [0.3, 0.4) is 0 Å². The summed E-state index contributed by atoms with van der Waals surface area (Å²) < 4.78 is 0. The van der Waals surface area contributed by atoms with Gasteiger partial charge in [0.2, 0.25) is 0 Å². The van der Waals surface area contributed by atoms with Gasteiger partial charge in [0.25, 0.3) is 5.91 Å². The molecule has 0 bridgehead atoms. The Balaban J connectivity index is 1.89. The average Bonchev–Trinajstić information content (AvgIpc) is 2.80. The molecule has 1 saturated heterocycles. The van der Waals surface area contributed by atoms with E-state index in [9.17, 15) is 4.79 Å². The van der Waals surface area contributed by atoms with Gasteiger partial charge in [0.05, 0.1) is 11.1 Å². The van der Waals surface area contributed by atoms with Crippen LogP contribution in [-0.4, -0.2) is 28.9 Å². The van der Waals surface area contributed by atoms with Crippen LogP contribution in [0, 0.1) is 5.92 Å². The number of H-pyrrole nitrogens is 1. The Hall–Kier alpha value is -1.77. The van der Waals surface area contributed by atoms with Crippen LogP contribution >= 0.6 is 0 Å². The number of benzene rings is 1. The topological polar surface area (TPSA) is 36.1 Å². The maximum absolute atomic E-state index is 12.7. The lowest BCUT2D eigenvalue weighted by atomic mass is 10.0. The van der Waals surface area contributed by atoms with Gasteiger partial charge in [-0.1, -0.05) is 19.1 Å². The van der Waals surface area contributed by atoms with Crippen LogP contribution in [0.5, 0.6) is 0 Å². The second-order valence-electron chi connectivity index (χ2n) is 5.58. The Morgan fingerprint density at radius 1 is 1.26 bits per heavy atom. The maximum Gasteiger partial charge on any atom is 0.255 e. The van der Waals surface area contributed by atoms with Crippen molar-refractivity contribution in [1.29, 1.82) is 0 Å². The van der Waals surface area contributed by atoms with Crippen molar-refractivity contribution in [3.8, 4) is 0 Å². The highest BCUT2D eigenvalue weighted by Crippen LogP contribution is 2.22. The fourth-order valence-electron chi connectivity index (χ4n) is 2.90. The first-order chi connectivity index (χ1) is 9.25. The number of rotatable bonds is 1. The molecule has 2 heterocycles. The third-order valence-corrected chi connectivity index (χ3v) is 4.12. The molecule has 0 spiro atoms. The van der Waals surface area contributed by atoms with Crippen molar-refractivity contribution in [3.05, 3.63) is 36.0 Å². The van der Waals surface area contributed by atoms with Gasteiger partial charge in [-0.05, 0) is 37.3 Å². The van der Waals surface area contributed by atoms with E-state index in [2.05, 4.69) is 11.9 Å². The maximum atomic E-state index is 12.7. The second-order valence-corrected chi connectivity index (χ2v) is 5.58. The smallest absolute Gasteiger partial charge is 0.255 e. The molecule has 3 heteroatoms. The zero-order chi connectivity index (χ0) is 13.2. The Bertz CT molecular complexity index is 587. The summed E-state index contributed by atoms with van der Waals surface area (Å²) in [6, 6.07) is 7.93. The van der Waals surface area contributed by atoms with Gasteiger partial charge in [0.1, 0.15) is 0 Å². The third-order valence-electron chi connectivity index (χ3n) is 4.12. The van der Waals surface area contributed by atoms with Crippen LogP contribution in [0.1, 0.15) is 36.5 Å². The number of likely N-dealkylation sites (tertiary alicyclic amines) is 1. The summed E-state index contributed by atoms with van der Waals surface area (Å²) in [5, 5.41) is 1.11. The fourth-order valence-corrected chi connectivity index (χ4v) is 2.90. The van der Waals surface area contributed by atoms with Crippen LogP contribution in [0.2, 0.25) is 0 Å². The number of carbonyl (C=O) groups is 1. The molecule has 3 rings (SSSR count). The normalized spacial score (nSPS) is 20.5. The molecular formula is C16H20N2O. The van der Waals surface area contributed by atoms with Gasteiger partial charge in [-0.25, -0.2) is 0 Å². The molecule has 1 aromatic carbocycles. The first kappa shape index (κ1) is 12.3. The van der Waals surface area contributed by atoms with Gasteiger partial charge in [-0.2, -0.15) is 0 Å². The van der Waals surface area contributed by atoms with E-state index in [1.165, 1.54) is 6.42 Å². The molecule has 2 aromatic rings. The molecule has 1 N–H and O–H groups in total. The molecule has 0 saturated carbocycles. The molecule has 1 atom stereocenters. The molecule has 0 aliphatic carbocycles. The van der Waals surface area contributed by atoms with Crippen molar-refractivity contribution in [1.82, 2.24) is 9.88 Å². The standard InChI is InChI=1S/C16H20N2O/c1-12-4-3-10-18(11-8-12)16(19)14-6-2-5-13-7-9-17-15(13)14/h2,5-7,9,12,17H,3-4,8,10-11H2,1H3. The second kappa shape index (κ2) is 5.08. The van der Waals surface area contributed by atoms with Crippen molar-refractivity contribution in [2.45, 2.75) is 26.2 Å². The Labute approximate surface area is 113 Å². The summed E-state index contributed by atoms with van der Waals surface area (Å²) in [5.41, 5.74) is 1.77. The molecule has 3 nitrogen and oxygen atoms in total. The number of fused-ring (bicyclic) bond motifs is 1. The number of nitrogens with one attached hydrogen (secondary N) is 1. The molecule has 0 radical (unpaired) electrons. The molecule has 1 aliphatic heterocycles. The molecule has 1 aliphatic rings. The van der Waals surface area contributed by atoms with Gasteiger partial charge in [-0.15, -0.1) is 0 Å². The largest absolute Gasteiger partial charge is 0.361 e. The minimum Gasteiger partial charge on any atom is -0.361 e. The highest BCUT2D eigenvalue weighted by molar-refractivity contribution is 6.05. The van der Waals surface area contributed by atoms with Crippen molar-refractivity contribution < 1.29 is 4.79 Å². The lowest BCUT2D eigenvalue weighted by Gasteiger charge is -2.20. The van der Waals surface area contributed by atoms with E-state index in [0.29, 0.717) is 0 Å². The Morgan fingerprint density at radius 2 is 2.16 bits per heavy atom. The first-order valence-corrected chi connectivity index (χ1v) is 7.11. The summed E-state index contributed by atoms with van der Waals surface area (Å²) in [4.78, 5) is 17.9. The van der Waals surface area contributed by atoms with Gasteiger partial charge in [0.15, 0.2) is 0 Å². The quantitative estimate of drug-likeness (QED) is 0.833. The first-order valence-electron chi connectivity index (χ1n) is 7.11. The van der Waals surface area contributed by atoms with Crippen molar-refractivity contribution in [2.24, 2.45) is 5.92 Å². The van der Waals surface area contributed by atoms with E-state index in [1.807, 2.05) is 35.4 Å². The van der Waals surface area contributed by atoms with Crippen LogP contribution in [0.4, 0.5) is 0 Å². The number of aromatic amines is 1. The Morgan fingerprint density at radius 3 is 3.05 bits per heavy atom. The molecule has 1 unspecified atom stereocenters. The van der Waals surface area contributed by atoms with Crippen LogP contribution in [0.15, 0.2) is 30.5 Å². The van der Waals surface area contributed by atoms with E-state index in [-0.39, 0.29) is 5.91 Å². The molecule has 100 valence electrons. The van der Waals surface area contributed by atoms with Crippen LogP contribution in [-0.2, 0) is 0 Å². The van der Waals surface area contributed by atoms with Crippen LogP contribution in [0.25, 0.3) is 10.9 Å². The summed E-state index contributed by atoms with van der Waals surface area (Å²) in [6.45, 7) is 4.05. The van der Waals surface area contributed by atoms with Gasteiger partial charge in [0, 0.05) is 24.7 Å². The third kappa shape index (κ3) is 2.37. The minimum absolute atomic E-state index is 0.169. The number of para-hydroxylation sites is 1. The van der Waals surface area contributed by atoms with E-state index < -0.39 is 0 Å². The van der Waals surface area contributed by atoms with E-state index in [0.717, 1.165) is 48.3 Å². The number of hydrogen-bond acceptors (Lipinski definition) is 1.